The normalized spacial score (nSPS) is 13.7. The lowest BCUT2D eigenvalue weighted by Gasteiger charge is -2.15. The lowest BCUT2D eigenvalue weighted by Crippen LogP contribution is -2.38. The van der Waals surface area contributed by atoms with Crippen molar-refractivity contribution in [2.45, 2.75) is 46.6 Å². The summed E-state index contributed by atoms with van der Waals surface area (Å²) in [5.41, 5.74) is 2.03. The van der Waals surface area contributed by atoms with Crippen LogP contribution in [0, 0.1) is 20.8 Å². The minimum absolute atomic E-state index is 0.0881. The van der Waals surface area contributed by atoms with Crippen LogP contribution in [0.15, 0.2) is 15.9 Å². The number of amides is 2. The molecular formula is C16H23N3O2S. The quantitative estimate of drug-likeness (QED) is 0.879. The maximum atomic E-state index is 12.0. The zero-order chi connectivity index (χ0) is 16.3. The third-order valence-electron chi connectivity index (χ3n) is 3.52. The van der Waals surface area contributed by atoms with Crippen molar-refractivity contribution in [2.75, 3.05) is 6.54 Å². The zero-order valence-electron chi connectivity index (χ0n) is 13.7. The Morgan fingerprint density at radius 3 is 2.64 bits per heavy atom. The Labute approximate surface area is 135 Å². The third kappa shape index (κ3) is 4.10. The first-order chi connectivity index (χ1) is 10.4. The Bertz CT molecular complexity index is 648. The van der Waals surface area contributed by atoms with Gasteiger partial charge in [-0.15, -0.1) is 11.3 Å². The molecule has 2 atom stereocenters. The predicted octanol–water partition coefficient (Wildman–Crippen LogP) is 3.83. The summed E-state index contributed by atoms with van der Waals surface area (Å²) in [5.74, 6) is 1.91. The molecule has 0 spiro atoms. The fourth-order valence-electron chi connectivity index (χ4n) is 2.34. The van der Waals surface area contributed by atoms with Gasteiger partial charge in [0.2, 0.25) is 0 Å². The number of rotatable bonds is 5. The minimum Gasteiger partial charge on any atom is -0.466 e. The summed E-state index contributed by atoms with van der Waals surface area (Å²) >= 11 is 1.63. The van der Waals surface area contributed by atoms with Gasteiger partial charge in [-0.1, -0.05) is 6.92 Å². The fourth-order valence-corrected chi connectivity index (χ4v) is 3.19. The van der Waals surface area contributed by atoms with Crippen molar-refractivity contribution in [3.8, 4) is 0 Å². The van der Waals surface area contributed by atoms with Crippen LogP contribution in [-0.2, 0) is 0 Å². The first-order valence-electron chi connectivity index (χ1n) is 7.40. The number of thiazole rings is 1. The van der Waals surface area contributed by atoms with E-state index in [-0.39, 0.29) is 18.0 Å². The topological polar surface area (TPSA) is 67.2 Å². The van der Waals surface area contributed by atoms with Crippen LogP contribution in [0.4, 0.5) is 4.79 Å². The van der Waals surface area contributed by atoms with Crippen molar-refractivity contribution in [3.63, 3.8) is 0 Å². The van der Waals surface area contributed by atoms with Crippen molar-refractivity contribution in [3.05, 3.63) is 39.2 Å². The van der Waals surface area contributed by atoms with Crippen molar-refractivity contribution >= 4 is 17.4 Å². The molecule has 2 N–H and O–H groups in total. The van der Waals surface area contributed by atoms with E-state index < -0.39 is 0 Å². The van der Waals surface area contributed by atoms with Crippen LogP contribution >= 0.6 is 11.3 Å². The van der Waals surface area contributed by atoms with Crippen molar-refractivity contribution in [1.29, 1.82) is 0 Å². The molecule has 0 saturated heterocycles. The van der Waals surface area contributed by atoms with Gasteiger partial charge in [0.1, 0.15) is 11.5 Å². The van der Waals surface area contributed by atoms with Gasteiger partial charge >= 0.3 is 6.03 Å². The Hall–Kier alpha value is -1.82. The molecule has 0 radical (unpaired) electrons. The third-order valence-corrected chi connectivity index (χ3v) is 4.71. The fraction of sp³-hybridized carbons (Fsp3) is 0.500. The smallest absolute Gasteiger partial charge is 0.315 e. The average Bonchev–Trinajstić information content (AvgIpc) is 3.01. The van der Waals surface area contributed by atoms with Gasteiger partial charge in [0.15, 0.2) is 0 Å². The summed E-state index contributed by atoms with van der Waals surface area (Å²) in [6, 6.07) is 1.70. The number of hydrogen-bond donors (Lipinski definition) is 2. The second-order valence-electron chi connectivity index (χ2n) is 5.67. The van der Waals surface area contributed by atoms with E-state index >= 15 is 0 Å². The molecule has 2 heterocycles. The van der Waals surface area contributed by atoms with E-state index in [0.717, 1.165) is 27.8 Å². The Morgan fingerprint density at radius 2 is 2.09 bits per heavy atom. The summed E-state index contributed by atoms with van der Waals surface area (Å²) < 4.78 is 5.50. The molecule has 22 heavy (non-hydrogen) atoms. The van der Waals surface area contributed by atoms with Gasteiger partial charge < -0.3 is 15.1 Å². The Kier molecular flexibility index (Phi) is 5.24. The molecular weight excluding hydrogens is 298 g/mol. The molecule has 0 aliphatic carbocycles. The van der Waals surface area contributed by atoms with E-state index in [4.69, 9.17) is 4.42 Å². The lowest BCUT2D eigenvalue weighted by atomic mass is 10.1. The van der Waals surface area contributed by atoms with Crippen molar-refractivity contribution in [1.82, 2.24) is 15.6 Å². The van der Waals surface area contributed by atoms with Gasteiger partial charge in [0.25, 0.3) is 0 Å². The SMILES string of the molecule is Cc1csc([C@@H](C)CNC(=O)N[C@@H](C)c2cc(C)oc2C)n1. The standard InChI is InChI=1S/C16H23N3O2S/c1-9(15-18-10(2)8-22-15)7-17-16(20)19-12(4)14-6-11(3)21-13(14)5/h6,8-9,12H,7H2,1-5H3,(H2,17,19,20)/t9-,12-/m0/s1. The first-order valence-corrected chi connectivity index (χ1v) is 8.28. The van der Waals surface area contributed by atoms with Gasteiger partial charge in [-0.2, -0.15) is 0 Å². The predicted molar refractivity (Wildman–Crippen MR) is 88.4 cm³/mol. The highest BCUT2D eigenvalue weighted by atomic mass is 32.1. The molecule has 0 aliphatic heterocycles. The molecule has 0 aliphatic rings. The largest absolute Gasteiger partial charge is 0.466 e. The molecule has 0 bridgehead atoms. The van der Waals surface area contributed by atoms with Crippen LogP contribution in [0.3, 0.4) is 0 Å². The molecule has 0 fully saturated rings. The zero-order valence-corrected chi connectivity index (χ0v) is 14.5. The van der Waals surface area contributed by atoms with Crippen LogP contribution in [0.1, 0.15) is 53.6 Å². The molecule has 2 aromatic heterocycles. The second-order valence-corrected chi connectivity index (χ2v) is 6.56. The molecule has 6 heteroatoms. The van der Waals surface area contributed by atoms with Crippen LogP contribution in [-0.4, -0.2) is 17.6 Å². The summed E-state index contributed by atoms with van der Waals surface area (Å²) in [4.78, 5) is 16.5. The molecule has 0 unspecified atom stereocenters. The van der Waals surface area contributed by atoms with Gasteiger partial charge in [-0.3, -0.25) is 0 Å². The van der Waals surface area contributed by atoms with E-state index in [9.17, 15) is 4.79 Å². The molecule has 2 aromatic rings. The Balaban J connectivity index is 1.84. The molecule has 0 saturated carbocycles. The van der Waals surface area contributed by atoms with E-state index in [1.807, 2.05) is 39.1 Å². The van der Waals surface area contributed by atoms with Gasteiger partial charge in [-0.05, 0) is 33.8 Å². The minimum atomic E-state index is -0.175. The maximum Gasteiger partial charge on any atom is 0.315 e. The number of furan rings is 1. The molecule has 120 valence electrons. The van der Waals surface area contributed by atoms with Crippen LogP contribution < -0.4 is 10.6 Å². The number of urea groups is 1. The van der Waals surface area contributed by atoms with Crippen LogP contribution in [0.2, 0.25) is 0 Å². The van der Waals surface area contributed by atoms with Crippen molar-refractivity contribution < 1.29 is 9.21 Å². The molecule has 2 rings (SSSR count). The monoisotopic (exact) mass is 321 g/mol. The van der Waals surface area contributed by atoms with Crippen molar-refractivity contribution in [2.24, 2.45) is 0 Å². The summed E-state index contributed by atoms with van der Waals surface area (Å²) in [6.45, 7) is 10.4. The molecule has 2 amide bonds. The number of aromatic nitrogens is 1. The number of nitrogens with zero attached hydrogens (tertiary/aromatic N) is 1. The summed E-state index contributed by atoms with van der Waals surface area (Å²) in [5, 5.41) is 8.91. The van der Waals surface area contributed by atoms with E-state index in [2.05, 4.69) is 22.5 Å². The summed E-state index contributed by atoms with van der Waals surface area (Å²) in [7, 11) is 0. The van der Waals surface area contributed by atoms with Crippen LogP contribution in [0.25, 0.3) is 0 Å². The lowest BCUT2D eigenvalue weighted by molar-refractivity contribution is 0.237. The van der Waals surface area contributed by atoms with E-state index in [1.54, 1.807) is 11.3 Å². The maximum absolute atomic E-state index is 12.0. The highest BCUT2D eigenvalue weighted by Gasteiger charge is 2.16. The van der Waals surface area contributed by atoms with Gasteiger partial charge in [0, 0.05) is 29.1 Å². The second kappa shape index (κ2) is 6.96. The molecule has 5 nitrogen and oxygen atoms in total. The highest BCUT2D eigenvalue weighted by Crippen LogP contribution is 2.21. The number of nitrogens with one attached hydrogen (secondary N) is 2. The number of carbonyl (C=O) groups excluding carboxylic acids is 1. The number of hydrogen-bond acceptors (Lipinski definition) is 4. The van der Waals surface area contributed by atoms with Gasteiger partial charge in [0.05, 0.1) is 11.0 Å². The first kappa shape index (κ1) is 16.5. The van der Waals surface area contributed by atoms with Crippen LogP contribution in [0.5, 0.6) is 0 Å². The van der Waals surface area contributed by atoms with E-state index in [1.165, 1.54) is 0 Å². The van der Waals surface area contributed by atoms with E-state index in [0.29, 0.717) is 6.54 Å². The Morgan fingerprint density at radius 1 is 1.36 bits per heavy atom. The van der Waals surface area contributed by atoms with Gasteiger partial charge in [-0.25, -0.2) is 9.78 Å². The molecule has 0 aromatic carbocycles. The summed E-state index contributed by atoms with van der Waals surface area (Å²) in [6.07, 6.45) is 0. The number of aryl methyl sites for hydroxylation is 3. The number of carbonyl (C=O) groups is 1. The average molecular weight is 321 g/mol. The highest BCUT2D eigenvalue weighted by molar-refractivity contribution is 7.09.